The normalized spacial score (nSPS) is 33.4. The Bertz CT molecular complexity index is 557. The lowest BCUT2D eigenvalue weighted by Gasteiger charge is -2.56. The van der Waals surface area contributed by atoms with E-state index in [2.05, 4.69) is 29.2 Å². The van der Waals surface area contributed by atoms with Gasteiger partial charge in [-0.2, -0.15) is 0 Å². The highest BCUT2D eigenvalue weighted by atomic mass is 16.5. The van der Waals surface area contributed by atoms with Gasteiger partial charge in [0.2, 0.25) is 5.91 Å². The van der Waals surface area contributed by atoms with Crippen LogP contribution in [0.15, 0.2) is 30.3 Å². The van der Waals surface area contributed by atoms with Crippen molar-refractivity contribution in [1.82, 2.24) is 9.80 Å². The van der Waals surface area contributed by atoms with E-state index in [-0.39, 0.29) is 24.2 Å². The fourth-order valence-electron chi connectivity index (χ4n) is 4.33. The van der Waals surface area contributed by atoms with Crippen molar-refractivity contribution in [3.05, 3.63) is 35.9 Å². The van der Waals surface area contributed by atoms with Crippen molar-refractivity contribution in [2.24, 2.45) is 0 Å². The fourth-order valence-corrected chi connectivity index (χ4v) is 4.33. The lowest BCUT2D eigenvalue weighted by molar-refractivity contribution is -0.185. The molecule has 3 fully saturated rings. The number of ether oxygens (including phenoxy) is 1. The lowest BCUT2D eigenvalue weighted by Crippen LogP contribution is -2.68. The number of hydrogen-bond donors (Lipinski definition) is 0. The van der Waals surface area contributed by atoms with Crippen LogP contribution in [0.4, 0.5) is 0 Å². The van der Waals surface area contributed by atoms with E-state index in [0.717, 1.165) is 25.6 Å². The highest BCUT2D eigenvalue weighted by Gasteiger charge is 2.53. The first-order valence-electron chi connectivity index (χ1n) is 8.39. The summed E-state index contributed by atoms with van der Waals surface area (Å²) in [6, 6.07) is 11.2. The number of nitrogens with zero attached hydrogens (tertiary/aromatic N) is 2. The molecule has 3 aliphatic rings. The second-order valence-electron chi connectivity index (χ2n) is 6.87. The first kappa shape index (κ1) is 14.2. The van der Waals surface area contributed by atoms with Crippen LogP contribution < -0.4 is 0 Å². The number of piperidine rings is 1. The summed E-state index contributed by atoms with van der Waals surface area (Å²) in [5.41, 5.74) is 0.917. The monoisotopic (exact) mass is 300 g/mol. The van der Waals surface area contributed by atoms with E-state index in [9.17, 15) is 4.79 Å². The molecule has 0 spiro atoms. The Labute approximate surface area is 132 Å². The van der Waals surface area contributed by atoms with Crippen LogP contribution in [0.5, 0.6) is 0 Å². The number of benzene rings is 1. The van der Waals surface area contributed by atoms with Gasteiger partial charge in [-0.05, 0) is 24.8 Å². The van der Waals surface area contributed by atoms with E-state index in [1.54, 1.807) is 0 Å². The number of fused-ring (bicyclic) bond motifs is 1. The minimum Gasteiger partial charge on any atom is -0.364 e. The van der Waals surface area contributed by atoms with E-state index in [1.165, 1.54) is 24.8 Å². The summed E-state index contributed by atoms with van der Waals surface area (Å²) in [4.78, 5) is 16.8. The topological polar surface area (TPSA) is 32.8 Å². The smallest absolute Gasteiger partial charge is 0.249 e. The summed E-state index contributed by atoms with van der Waals surface area (Å²) in [6.45, 7) is 2.21. The first-order chi connectivity index (χ1) is 10.7. The van der Waals surface area contributed by atoms with Crippen LogP contribution in [-0.2, 0) is 15.1 Å². The summed E-state index contributed by atoms with van der Waals surface area (Å²) in [6.07, 6.45) is 5.03. The maximum Gasteiger partial charge on any atom is 0.249 e. The molecule has 4 nitrogen and oxygen atoms in total. The third-order valence-corrected chi connectivity index (χ3v) is 5.96. The molecule has 1 saturated carbocycles. The highest BCUT2D eigenvalue weighted by Crippen LogP contribution is 2.43. The third kappa shape index (κ3) is 2.01. The molecule has 0 N–H and O–H groups in total. The van der Waals surface area contributed by atoms with Gasteiger partial charge in [0.15, 0.2) is 0 Å². The Morgan fingerprint density at radius 1 is 1.23 bits per heavy atom. The molecular formula is C18H24N2O2. The van der Waals surface area contributed by atoms with Gasteiger partial charge in [0, 0.05) is 26.2 Å². The number of morpholine rings is 1. The van der Waals surface area contributed by atoms with Crippen molar-refractivity contribution in [2.45, 2.75) is 43.4 Å². The zero-order valence-electron chi connectivity index (χ0n) is 13.2. The van der Waals surface area contributed by atoms with Gasteiger partial charge in [-0.25, -0.2) is 0 Å². The Morgan fingerprint density at radius 2 is 2.00 bits per heavy atom. The minimum absolute atomic E-state index is 0.0759. The van der Waals surface area contributed by atoms with Crippen molar-refractivity contribution in [1.29, 1.82) is 0 Å². The molecule has 2 heterocycles. The molecule has 0 aromatic heterocycles. The van der Waals surface area contributed by atoms with Crippen molar-refractivity contribution in [2.75, 3.05) is 26.7 Å². The zero-order valence-corrected chi connectivity index (χ0v) is 13.2. The summed E-state index contributed by atoms with van der Waals surface area (Å²) < 4.78 is 6.04. The van der Waals surface area contributed by atoms with Crippen LogP contribution >= 0.6 is 0 Å². The number of carbonyl (C=O) groups is 1. The molecule has 2 atom stereocenters. The van der Waals surface area contributed by atoms with Crippen molar-refractivity contribution in [3.8, 4) is 0 Å². The van der Waals surface area contributed by atoms with Crippen molar-refractivity contribution < 1.29 is 9.53 Å². The van der Waals surface area contributed by atoms with Gasteiger partial charge in [-0.1, -0.05) is 36.8 Å². The van der Waals surface area contributed by atoms with Gasteiger partial charge in [-0.15, -0.1) is 0 Å². The van der Waals surface area contributed by atoms with Crippen molar-refractivity contribution in [3.63, 3.8) is 0 Å². The number of likely N-dealkylation sites (N-methyl/N-ethyl adjacent to an activating group) is 1. The van der Waals surface area contributed by atoms with Gasteiger partial charge in [-0.3, -0.25) is 9.69 Å². The lowest BCUT2D eigenvalue weighted by atomic mass is 9.75. The van der Waals surface area contributed by atoms with Gasteiger partial charge in [0.25, 0.3) is 0 Å². The molecule has 4 rings (SSSR count). The average molecular weight is 300 g/mol. The molecule has 0 bridgehead atoms. The number of rotatable bonds is 2. The number of amides is 1. The highest BCUT2D eigenvalue weighted by molar-refractivity contribution is 5.79. The zero-order chi connectivity index (χ0) is 15.2. The Kier molecular flexibility index (Phi) is 3.46. The van der Waals surface area contributed by atoms with Gasteiger partial charge in [0.05, 0.1) is 11.6 Å². The summed E-state index contributed by atoms with van der Waals surface area (Å²) in [5, 5.41) is 0. The molecular weight excluding hydrogens is 276 g/mol. The van der Waals surface area contributed by atoms with Crippen LogP contribution in [0.1, 0.15) is 31.2 Å². The first-order valence-corrected chi connectivity index (χ1v) is 8.39. The van der Waals surface area contributed by atoms with Crippen LogP contribution in [0, 0.1) is 0 Å². The predicted molar refractivity (Wildman–Crippen MR) is 84.5 cm³/mol. The molecule has 1 aliphatic carbocycles. The summed E-state index contributed by atoms with van der Waals surface area (Å²) in [5.74, 6) is 0.0946. The number of hydrogen-bond acceptors (Lipinski definition) is 3. The number of likely N-dealkylation sites (tertiary alicyclic amines) is 1. The molecule has 0 radical (unpaired) electrons. The SMILES string of the molecule is CN1C(=O)CO[C@@H]2CN(C3CCC3)CC[C@]21c1ccccc1. The van der Waals surface area contributed by atoms with E-state index in [1.807, 2.05) is 18.0 Å². The van der Waals surface area contributed by atoms with Crippen molar-refractivity contribution >= 4 is 5.91 Å². The fraction of sp³-hybridized carbons (Fsp3) is 0.611. The van der Waals surface area contributed by atoms with Crippen LogP contribution in [0.2, 0.25) is 0 Å². The quantitative estimate of drug-likeness (QED) is 0.837. The largest absolute Gasteiger partial charge is 0.364 e. The van der Waals surface area contributed by atoms with E-state index < -0.39 is 0 Å². The Morgan fingerprint density at radius 3 is 2.68 bits per heavy atom. The molecule has 1 aromatic rings. The van der Waals surface area contributed by atoms with Gasteiger partial charge >= 0.3 is 0 Å². The van der Waals surface area contributed by atoms with Crippen LogP contribution in [-0.4, -0.2) is 54.6 Å². The van der Waals surface area contributed by atoms with Crippen LogP contribution in [0.3, 0.4) is 0 Å². The molecule has 2 aliphatic heterocycles. The molecule has 1 amide bonds. The Balaban J connectivity index is 1.68. The average Bonchev–Trinajstić information content (AvgIpc) is 2.50. The molecule has 22 heavy (non-hydrogen) atoms. The Hall–Kier alpha value is -1.39. The maximum absolute atomic E-state index is 12.3. The van der Waals surface area contributed by atoms with Crippen LogP contribution in [0.25, 0.3) is 0 Å². The molecule has 118 valence electrons. The maximum atomic E-state index is 12.3. The predicted octanol–water partition coefficient (Wildman–Crippen LogP) is 2.00. The minimum atomic E-state index is -0.295. The summed E-state index contributed by atoms with van der Waals surface area (Å²) >= 11 is 0. The third-order valence-electron chi connectivity index (χ3n) is 5.96. The second-order valence-corrected chi connectivity index (χ2v) is 6.87. The second kappa shape index (κ2) is 5.36. The van der Waals surface area contributed by atoms with E-state index in [0.29, 0.717) is 0 Å². The molecule has 4 heteroatoms. The summed E-state index contributed by atoms with van der Waals surface area (Å²) in [7, 11) is 1.95. The van der Waals surface area contributed by atoms with Gasteiger partial charge in [0.1, 0.15) is 6.61 Å². The van der Waals surface area contributed by atoms with E-state index in [4.69, 9.17) is 4.74 Å². The molecule has 0 unspecified atom stereocenters. The number of carbonyl (C=O) groups excluding carboxylic acids is 1. The van der Waals surface area contributed by atoms with Gasteiger partial charge < -0.3 is 9.64 Å². The standard InChI is InChI=1S/C18H24N2O2/c1-19-17(21)13-22-16-12-20(15-8-5-9-15)11-10-18(16,19)14-6-3-2-4-7-14/h2-4,6-7,15-16H,5,8-13H2,1H3/t16-,18+/m1/s1. The molecule has 1 aromatic carbocycles. The molecule has 2 saturated heterocycles. The van der Waals surface area contributed by atoms with E-state index >= 15 is 0 Å².